The minimum atomic E-state index is 0.263. The molecule has 2 heterocycles. The Kier molecular flexibility index (Phi) is 5.13. The predicted molar refractivity (Wildman–Crippen MR) is 95.8 cm³/mol. The number of piperazine rings is 1. The fourth-order valence-electron chi connectivity index (χ4n) is 3.04. The maximum absolute atomic E-state index is 12.3. The SMILES string of the molecule is Cc1ccc(C)c(CN2CCN(C(=O)Cc3cccs3)CC2)c1. The Morgan fingerprint density at radius 1 is 1.13 bits per heavy atom. The summed E-state index contributed by atoms with van der Waals surface area (Å²) in [6.07, 6.45) is 0.550. The van der Waals surface area contributed by atoms with Crippen LogP contribution in [0.15, 0.2) is 35.7 Å². The number of carbonyl (C=O) groups excluding carboxylic acids is 1. The standard InChI is InChI=1S/C19H24N2OS/c1-15-5-6-16(2)17(12-15)14-20-7-9-21(10-8-20)19(22)13-18-4-3-11-23-18/h3-6,11-12H,7-10,13-14H2,1-2H3. The molecule has 1 amide bonds. The molecule has 23 heavy (non-hydrogen) atoms. The van der Waals surface area contributed by atoms with Gasteiger partial charge >= 0.3 is 0 Å². The summed E-state index contributed by atoms with van der Waals surface area (Å²) in [5, 5.41) is 2.03. The van der Waals surface area contributed by atoms with Gasteiger partial charge in [0.25, 0.3) is 0 Å². The molecule has 4 heteroatoms. The molecule has 1 aromatic heterocycles. The van der Waals surface area contributed by atoms with E-state index in [-0.39, 0.29) is 5.91 Å². The number of hydrogen-bond donors (Lipinski definition) is 0. The highest BCUT2D eigenvalue weighted by atomic mass is 32.1. The van der Waals surface area contributed by atoms with Crippen LogP contribution in [0.4, 0.5) is 0 Å². The van der Waals surface area contributed by atoms with Crippen LogP contribution in [0.2, 0.25) is 0 Å². The van der Waals surface area contributed by atoms with Crippen LogP contribution in [0.1, 0.15) is 21.6 Å². The summed E-state index contributed by atoms with van der Waals surface area (Å²) in [5.74, 6) is 0.263. The van der Waals surface area contributed by atoms with Crippen LogP contribution < -0.4 is 0 Å². The van der Waals surface area contributed by atoms with Crippen molar-refractivity contribution in [3.05, 3.63) is 57.3 Å². The van der Waals surface area contributed by atoms with Crippen molar-refractivity contribution in [2.45, 2.75) is 26.8 Å². The van der Waals surface area contributed by atoms with Crippen molar-refractivity contribution in [3.63, 3.8) is 0 Å². The lowest BCUT2D eigenvalue weighted by molar-refractivity contribution is -0.132. The Labute approximate surface area is 142 Å². The van der Waals surface area contributed by atoms with E-state index in [1.165, 1.54) is 16.7 Å². The zero-order valence-corrected chi connectivity index (χ0v) is 14.7. The van der Waals surface area contributed by atoms with Gasteiger partial charge in [-0.15, -0.1) is 11.3 Å². The van der Waals surface area contributed by atoms with Crippen LogP contribution in [0, 0.1) is 13.8 Å². The number of benzene rings is 1. The number of amides is 1. The van der Waals surface area contributed by atoms with Crippen molar-refractivity contribution >= 4 is 17.2 Å². The summed E-state index contributed by atoms with van der Waals surface area (Å²) in [7, 11) is 0. The molecule has 1 aliphatic rings. The number of hydrogen-bond acceptors (Lipinski definition) is 3. The van der Waals surface area contributed by atoms with Gasteiger partial charge in [0, 0.05) is 37.6 Å². The molecular weight excluding hydrogens is 304 g/mol. The Bertz CT molecular complexity index is 658. The van der Waals surface area contributed by atoms with Crippen LogP contribution in [0.3, 0.4) is 0 Å². The molecule has 0 unspecified atom stereocenters. The minimum absolute atomic E-state index is 0.263. The first kappa shape index (κ1) is 16.2. The average Bonchev–Trinajstić information content (AvgIpc) is 3.04. The summed E-state index contributed by atoms with van der Waals surface area (Å²) < 4.78 is 0. The van der Waals surface area contributed by atoms with Gasteiger partial charge in [-0.2, -0.15) is 0 Å². The zero-order valence-electron chi connectivity index (χ0n) is 13.9. The average molecular weight is 328 g/mol. The third-order valence-electron chi connectivity index (χ3n) is 4.53. The maximum atomic E-state index is 12.3. The minimum Gasteiger partial charge on any atom is -0.340 e. The van der Waals surface area contributed by atoms with Gasteiger partial charge in [0.2, 0.25) is 5.91 Å². The Morgan fingerprint density at radius 2 is 1.91 bits per heavy atom. The number of thiophene rings is 1. The summed E-state index contributed by atoms with van der Waals surface area (Å²) in [6.45, 7) is 8.91. The van der Waals surface area contributed by atoms with Crippen molar-refractivity contribution < 1.29 is 4.79 Å². The Hall–Kier alpha value is -1.65. The Morgan fingerprint density at radius 3 is 2.61 bits per heavy atom. The number of aryl methyl sites for hydroxylation is 2. The molecular formula is C19H24N2OS. The second kappa shape index (κ2) is 7.28. The lowest BCUT2D eigenvalue weighted by Crippen LogP contribution is -2.48. The van der Waals surface area contributed by atoms with Crippen LogP contribution >= 0.6 is 11.3 Å². The lowest BCUT2D eigenvalue weighted by atomic mass is 10.0. The largest absolute Gasteiger partial charge is 0.340 e. The molecule has 0 spiro atoms. The van der Waals surface area contributed by atoms with E-state index in [4.69, 9.17) is 0 Å². The van der Waals surface area contributed by atoms with Crippen molar-refractivity contribution in [3.8, 4) is 0 Å². The lowest BCUT2D eigenvalue weighted by Gasteiger charge is -2.35. The fourth-order valence-corrected chi connectivity index (χ4v) is 3.74. The summed E-state index contributed by atoms with van der Waals surface area (Å²) in [4.78, 5) is 18.0. The molecule has 1 aliphatic heterocycles. The smallest absolute Gasteiger partial charge is 0.227 e. The van der Waals surface area contributed by atoms with Gasteiger partial charge in [-0.1, -0.05) is 29.8 Å². The van der Waals surface area contributed by atoms with E-state index >= 15 is 0 Å². The summed E-state index contributed by atoms with van der Waals surface area (Å²) >= 11 is 1.66. The van der Waals surface area contributed by atoms with Crippen molar-refractivity contribution in [1.29, 1.82) is 0 Å². The zero-order chi connectivity index (χ0) is 16.2. The van der Waals surface area contributed by atoms with Gasteiger partial charge in [-0.05, 0) is 36.4 Å². The van der Waals surface area contributed by atoms with Gasteiger partial charge in [0.15, 0.2) is 0 Å². The normalized spacial score (nSPS) is 15.8. The summed E-state index contributed by atoms with van der Waals surface area (Å²) in [5.41, 5.74) is 4.07. The highest BCUT2D eigenvalue weighted by Gasteiger charge is 2.21. The molecule has 3 rings (SSSR count). The highest BCUT2D eigenvalue weighted by Crippen LogP contribution is 2.16. The van der Waals surface area contributed by atoms with E-state index in [0.29, 0.717) is 6.42 Å². The molecule has 2 aromatic rings. The van der Waals surface area contributed by atoms with Gasteiger partial charge in [-0.25, -0.2) is 0 Å². The first-order valence-corrected chi connectivity index (χ1v) is 9.08. The van der Waals surface area contributed by atoms with Crippen LogP contribution in [-0.2, 0) is 17.8 Å². The molecule has 0 atom stereocenters. The molecule has 0 radical (unpaired) electrons. The molecule has 122 valence electrons. The third-order valence-corrected chi connectivity index (χ3v) is 5.41. The first-order chi connectivity index (χ1) is 11.1. The molecule has 0 saturated carbocycles. The summed E-state index contributed by atoms with van der Waals surface area (Å²) in [6, 6.07) is 10.7. The Balaban J connectivity index is 1.52. The second-order valence-electron chi connectivity index (χ2n) is 6.34. The van der Waals surface area contributed by atoms with Gasteiger partial charge in [-0.3, -0.25) is 9.69 Å². The molecule has 0 aliphatic carbocycles. The molecule has 0 bridgehead atoms. The van der Waals surface area contributed by atoms with Gasteiger partial charge in [0.05, 0.1) is 6.42 Å². The number of nitrogens with zero attached hydrogens (tertiary/aromatic N) is 2. The molecule has 1 aromatic carbocycles. The first-order valence-electron chi connectivity index (χ1n) is 8.20. The fraction of sp³-hybridized carbons (Fsp3) is 0.421. The molecule has 1 saturated heterocycles. The molecule has 1 fully saturated rings. The van der Waals surface area contributed by atoms with E-state index < -0.39 is 0 Å². The van der Waals surface area contributed by atoms with Crippen LogP contribution in [0.25, 0.3) is 0 Å². The predicted octanol–water partition coefficient (Wildman–Crippen LogP) is 3.25. The molecule has 0 N–H and O–H groups in total. The van der Waals surface area contributed by atoms with E-state index in [0.717, 1.165) is 37.6 Å². The maximum Gasteiger partial charge on any atom is 0.227 e. The van der Waals surface area contributed by atoms with E-state index in [9.17, 15) is 4.79 Å². The topological polar surface area (TPSA) is 23.6 Å². The quantitative estimate of drug-likeness (QED) is 0.860. The van der Waals surface area contributed by atoms with Gasteiger partial charge < -0.3 is 4.90 Å². The third kappa shape index (κ3) is 4.21. The van der Waals surface area contributed by atoms with E-state index in [2.05, 4.69) is 36.9 Å². The second-order valence-corrected chi connectivity index (χ2v) is 7.38. The van der Waals surface area contributed by atoms with Crippen molar-refractivity contribution in [2.75, 3.05) is 26.2 Å². The van der Waals surface area contributed by atoms with Crippen LogP contribution in [-0.4, -0.2) is 41.9 Å². The van der Waals surface area contributed by atoms with E-state index in [1.54, 1.807) is 11.3 Å². The van der Waals surface area contributed by atoms with Crippen molar-refractivity contribution in [1.82, 2.24) is 9.80 Å². The van der Waals surface area contributed by atoms with Crippen molar-refractivity contribution in [2.24, 2.45) is 0 Å². The molecule has 3 nitrogen and oxygen atoms in total. The van der Waals surface area contributed by atoms with E-state index in [1.807, 2.05) is 22.4 Å². The van der Waals surface area contributed by atoms with Gasteiger partial charge in [0.1, 0.15) is 0 Å². The van der Waals surface area contributed by atoms with Crippen LogP contribution in [0.5, 0.6) is 0 Å². The highest BCUT2D eigenvalue weighted by molar-refractivity contribution is 7.10. The number of carbonyl (C=O) groups is 1. The monoisotopic (exact) mass is 328 g/mol. The number of rotatable bonds is 4.